The molecule has 3 nitrogen and oxygen atoms in total. The standard InChI is InChI=1S/C25H18F6N2O/c26-24(27,28)17-9-5-15(6-10-17)22-19-3-1-2-4-20(19)33(14-13-21(32)34)23(22)16-7-11-18(12-8-16)25(29,30)31/h1-12H,13-14H2,(H2,32,34). The molecule has 0 atom stereocenters. The maximum atomic E-state index is 13.1. The Kier molecular flexibility index (Phi) is 5.89. The summed E-state index contributed by atoms with van der Waals surface area (Å²) in [7, 11) is 0. The number of para-hydroxylation sites is 1. The zero-order valence-corrected chi connectivity index (χ0v) is 17.5. The summed E-state index contributed by atoms with van der Waals surface area (Å²) < 4.78 is 80.4. The van der Waals surface area contributed by atoms with Gasteiger partial charge in [0.1, 0.15) is 0 Å². The molecule has 0 bridgehead atoms. The van der Waals surface area contributed by atoms with Crippen molar-refractivity contribution in [1.29, 1.82) is 0 Å². The van der Waals surface area contributed by atoms with Gasteiger partial charge in [0.15, 0.2) is 0 Å². The number of halogens is 6. The molecular formula is C25H18F6N2O. The Labute approximate surface area is 190 Å². The number of aryl methyl sites for hydroxylation is 1. The fourth-order valence-corrected chi connectivity index (χ4v) is 3.99. The summed E-state index contributed by atoms with van der Waals surface area (Å²) in [5, 5.41) is 0.682. The average molecular weight is 476 g/mol. The highest BCUT2D eigenvalue weighted by molar-refractivity contribution is 6.04. The lowest BCUT2D eigenvalue weighted by Gasteiger charge is -2.14. The first-order valence-electron chi connectivity index (χ1n) is 10.2. The van der Waals surface area contributed by atoms with E-state index in [0.717, 1.165) is 24.3 Å². The lowest BCUT2D eigenvalue weighted by atomic mass is 9.97. The number of fused-ring (bicyclic) bond motifs is 1. The number of hydrogen-bond acceptors (Lipinski definition) is 1. The van der Waals surface area contributed by atoms with Crippen molar-refractivity contribution in [3.05, 3.63) is 83.9 Å². The highest BCUT2D eigenvalue weighted by Crippen LogP contribution is 2.42. The monoisotopic (exact) mass is 476 g/mol. The number of nitrogens with two attached hydrogens (primary N) is 1. The topological polar surface area (TPSA) is 48.0 Å². The number of carbonyl (C=O) groups is 1. The Balaban J connectivity index is 1.98. The van der Waals surface area contributed by atoms with Gasteiger partial charge in [-0.3, -0.25) is 4.79 Å². The van der Waals surface area contributed by atoms with E-state index in [4.69, 9.17) is 5.73 Å². The molecule has 1 amide bonds. The van der Waals surface area contributed by atoms with E-state index in [2.05, 4.69) is 0 Å². The molecule has 2 N–H and O–H groups in total. The number of rotatable bonds is 5. The minimum Gasteiger partial charge on any atom is -0.370 e. The van der Waals surface area contributed by atoms with Gasteiger partial charge < -0.3 is 10.3 Å². The van der Waals surface area contributed by atoms with Crippen LogP contribution in [0, 0.1) is 0 Å². The highest BCUT2D eigenvalue weighted by Gasteiger charge is 2.31. The molecule has 9 heteroatoms. The third kappa shape index (κ3) is 4.50. The maximum absolute atomic E-state index is 13.1. The zero-order chi connectivity index (χ0) is 24.7. The Morgan fingerprint density at radius 1 is 0.735 bits per heavy atom. The lowest BCUT2D eigenvalue weighted by molar-refractivity contribution is -0.138. The van der Waals surface area contributed by atoms with Crippen LogP contribution in [0.1, 0.15) is 17.5 Å². The summed E-state index contributed by atoms with van der Waals surface area (Å²) in [6, 6.07) is 16.2. The van der Waals surface area contributed by atoms with Crippen LogP contribution in [0.25, 0.3) is 33.3 Å². The van der Waals surface area contributed by atoms with E-state index in [1.807, 2.05) is 0 Å². The van der Waals surface area contributed by atoms with Crippen LogP contribution in [0.4, 0.5) is 26.3 Å². The number of alkyl halides is 6. The summed E-state index contributed by atoms with van der Waals surface area (Å²) in [5.41, 5.74) is 6.27. The van der Waals surface area contributed by atoms with Crippen molar-refractivity contribution in [2.75, 3.05) is 0 Å². The largest absolute Gasteiger partial charge is 0.416 e. The first kappa shape index (κ1) is 23.4. The van der Waals surface area contributed by atoms with E-state index in [0.29, 0.717) is 33.3 Å². The number of amides is 1. The van der Waals surface area contributed by atoms with Crippen LogP contribution in [0.3, 0.4) is 0 Å². The van der Waals surface area contributed by atoms with Gasteiger partial charge in [-0.1, -0.05) is 42.5 Å². The molecule has 0 fully saturated rings. The number of hydrogen-bond donors (Lipinski definition) is 1. The van der Waals surface area contributed by atoms with Crippen LogP contribution >= 0.6 is 0 Å². The minimum atomic E-state index is -4.52. The van der Waals surface area contributed by atoms with E-state index in [9.17, 15) is 31.1 Å². The van der Waals surface area contributed by atoms with Crippen molar-refractivity contribution in [3.8, 4) is 22.4 Å². The van der Waals surface area contributed by atoms with Crippen LogP contribution in [-0.2, 0) is 23.7 Å². The lowest BCUT2D eigenvalue weighted by Crippen LogP contribution is -2.14. The number of nitrogens with zero attached hydrogens (tertiary/aromatic N) is 1. The molecule has 0 aliphatic carbocycles. The summed E-state index contributed by atoms with van der Waals surface area (Å²) in [4.78, 5) is 11.5. The van der Waals surface area contributed by atoms with Crippen molar-refractivity contribution in [2.24, 2.45) is 5.73 Å². The van der Waals surface area contributed by atoms with Gasteiger partial charge in [0.05, 0.1) is 16.8 Å². The van der Waals surface area contributed by atoms with Gasteiger partial charge in [0.2, 0.25) is 5.91 Å². The molecule has 0 aliphatic rings. The quantitative estimate of drug-likeness (QED) is 0.314. The maximum Gasteiger partial charge on any atom is 0.416 e. The first-order valence-corrected chi connectivity index (χ1v) is 10.2. The second-order valence-electron chi connectivity index (χ2n) is 7.76. The van der Waals surface area contributed by atoms with E-state index in [1.165, 1.54) is 24.3 Å². The van der Waals surface area contributed by atoms with E-state index in [-0.39, 0.29) is 13.0 Å². The minimum absolute atomic E-state index is 0.0290. The second-order valence-corrected chi connectivity index (χ2v) is 7.76. The molecule has 34 heavy (non-hydrogen) atoms. The average Bonchev–Trinajstić information content (AvgIpc) is 3.11. The Hall–Kier alpha value is -3.75. The fraction of sp³-hybridized carbons (Fsp3) is 0.160. The van der Waals surface area contributed by atoms with Crippen molar-refractivity contribution in [1.82, 2.24) is 4.57 Å². The molecule has 1 aromatic heterocycles. The van der Waals surface area contributed by atoms with Gasteiger partial charge in [0, 0.05) is 29.4 Å². The Morgan fingerprint density at radius 2 is 1.24 bits per heavy atom. The van der Waals surface area contributed by atoms with Crippen LogP contribution in [0.5, 0.6) is 0 Å². The first-order chi connectivity index (χ1) is 16.0. The van der Waals surface area contributed by atoms with Crippen LogP contribution < -0.4 is 5.73 Å². The predicted octanol–water partition coefficient (Wildman–Crippen LogP) is 6.89. The Morgan fingerprint density at radius 3 is 1.74 bits per heavy atom. The van der Waals surface area contributed by atoms with Crippen LogP contribution in [0.2, 0.25) is 0 Å². The van der Waals surface area contributed by atoms with Crippen LogP contribution in [-0.4, -0.2) is 10.5 Å². The number of benzene rings is 3. The summed E-state index contributed by atoms with van der Waals surface area (Å²) in [6.07, 6.45) is -9.06. The molecule has 3 aromatic carbocycles. The smallest absolute Gasteiger partial charge is 0.370 e. The second kappa shape index (κ2) is 8.55. The molecule has 0 aliphatic heterocycles. The van der Waals surface area contributed by atoms with Gasteiger partial charge >= 0.3 is 12.4 Å². The zero-order valence-electron chi connectivity index (χ0n) is 17.5. The molecule has 0 spiro atoms. The molecule has 1 heterocycles. The molecular weight excluding hydrogens is 458 g/mol. The highest BCUT2D eigenvalue weighted by atomic mass is 19.4. The van der Waals surface area contributed by atoms with Crippen molar-refractivity contribution in [3.63, 3.8) is 0 Å². The molecule has 4 aromatic rings. The molecule has 0 saturated heterocycles. The number of carbonyl (C=O) groups excluding carboxylic acids is 1. The molecule has 176 valence electrons. The van der Waals surface area contributed by atoms with Gasteiger partial charge in [-0.25, -0.2) is 0 Å². The fourth-order valence-electron chi connectivity index (χ4n) is 3.99. The summed E-state index contributed by atoms with van der Waals surface area (Å²) in [5.74, 6) is -0.563. The summed E-state index contributed by atoms with van der Waals surface area (Å²) in [6.45, 7) is 0.146. The van der Waals surface area contributed by atoms with E-state index < -0.39 is 29.4 Å². The Bertz CT molecular complexity index is 1330. The van der Waals surface area contributed by atoms with E-state index >= 15 is 0 Å². The number of primary amides is 1. The van der Waals surface area contributed by atoms with Crippen molar-refractivity contribution >= 4 is 16.8 Å². The molecule has 0 unspecified atom stereocenters. The van der Waals surface area contributed by atoms with Gasteiger partial charge in [-0.15, -0.1) is 0 Å². The van der Waals surface area contributed by atoms with Crippen molar-refractivity contribution < 1.29 is 31.1 Å². The van der Waals surface area contributed by atoms with E-state index in [1.54, 1.807) is 28.8 Å². The predicted molar refractivity (Wildman–Crippen MR) is 117 cm³/mol. The van der Waals surface area contributed by atoms with Gasteiger partial charge in [-0.05, 0) is 41.5 Å². The molecule has 0 radical (unpaired) electrons. The third-order valence-corrected chi connectivity index (χ3v) is 5.54. The third-order valence-electron chi connectivity index (χ3n) is 5.54. The molecule has 4 rings (SSSR count). The normalized spacial score (nSPS) is 12.3. The van der Waals surface area contributed by atoms with Gasteiger partial charge in [-0.2, -0.15) is 26.3 Å². The number of aromatic nitrogens is 1. The SMILES string of the molecule is NC(=O)CCn1c(-c2ccc(C(F)(F)F)cc2)c(-c2ccc(C(F)(F)F)cc2)c2ccccc21. The van der Waals surface area contributed by atoms with Gasteiger partial charge in [0.25, 0.3) is 0 Å². The summed E-state index contributed by atoms with van der Waals surface area (Å²) >= 11 is 0. The van der Waals surface area contributed by atoms with Crippen LogP contribution in [0.15, 0.2) is 72.8 Å². The molecule has 0 saturated carbocycles. The van der Waals surface area contributed by atoms with Crippen molar-refractivity contribution in [2.45, 2.75) is 25.3 Å².